The zero-order valence-electron chi connectivity index (χ0n) is 15.7. The van der Waals surface area contributed by atoms with Crippen LogP contribution in [0.4, 0.5) is 0 Å². The molecule has 7 nitrogen and oxygen atoms in total. The van der Waals surface area contributed by atoms with Gasteiger partial charge >= 0.3 is 0 Å². The minimum Gasteiger partial charge on any atom is -0.493 e. The molecular weight excluding hydrogens is 424 g/mol. The van der Waals surface area contributed by atoms with Crippen molar-refractivity contribution < 1.29 is 14.3 Å². The van der Waals surface area contributed by atoms with E-state index in [1.807, 2.05) is 31.2 Å². The number of hydrogen-bond acceptors (Lipinski definition) is 5. The van der Waals surface area contributed by atoms with Gasteiger partial charge in [0.2, 0.25) is 0 Å². The summed E-state index contributed by atoms with van der Waals surface area (Å²) in [5.41, 5.74) is 2.38. The number of methoxy groups -OCH3 is 1. The smallest absolute Gasteiger partial charge is 0.251 e. The Morgan fingerprint density at radius 1 is 1.25 bits per heavy atom. The molecule has 146 valence electrons. The van der Waals surface area contributed by atoms with E-state index in [1.165, 1.54) is 6.33 Å². The number of carbonyl (C=O) groups is 1. The summed E-state index contributed by atoms with van der Waals surface area (Å²) in [5.74, 6) is 0.927. The number of aromatic nitrogens is 3. The third kappa shape index (κ3) is 4.69. The van der Waals surface area contributed by atoms with Crippen LogP contribution in [0.1, 0.15) is 29.3 Å². The van der Waals surface area contributed by atoms with E-state index in [0.29, 0.717) is 34.7 Å². The number of hydrogen-bond donors (Lipinski definition) is 1. The van der Waals surface area contributed by atoms with E-state index in [0.717, 1.165) is 17.7 Å². The van der Waals surface area contributed by atoms with E-state index in [4.69, 9.17) is 9.47 Å². The predicted molar refractivity (Wildman–Crippen MR) is 109 cm³/mol. The van der Waals surface area contributed by atoms with Crippen molar-refractivity contribution in [1.82, 2.24) is 20.1 Å². The van der Waals surface area contributed by atoms with Gasteiger partial charge < -0.3 is 14.8 Å². The molecule has 3 rings (SSSR count). The number of amides is 1. The second kappa shape index (κ2) is 9.36. The van der Waals surface area contributed by atoms with Crippen LogP contribution in [0.2, 0.25) is 0 Å². The Balaban J connectivity index is 1.66. The highest BCUT2D eigenvalue weighted by atomic mass is 79.9. The van der Waals surface area contributed by atoms with Gasteiger partial charge in [0.15, 0.2) is 11.5 Å². The van der Waals surface area contributed by atoms with Gasteiger partial charge in [0, 0.05) is 12.1 Å². The molecule has 2 aromatic carbocycles. The molecule has 8 heteroatoms. The predicted octanol–water partition coefficient (Wildman–Crippen LogP) is 3.76. The van der Waals surface area contributed by atoms with Gasteiger partial charge in [0.1, 0.15) is 12.7 Å². The second-order valence-corrected chi connectivity index (χ2v) is 6.88. The summed E-state index contributed by atoms with van der Waals surface area (Å²) in [6.07, 6.45) is 4.00. The first-order chi connectivity index (χ1) is 13.6. The zero-order chi connectivity index (χ0) is 19.9. The summed E-state index contributed by atoms with van der Waals surface area (Å²) >= 11 is 3.46. The average molecular weight is 445 g/mol. The molecule has 1 N–H and O–H groups in total. The van der Waals surface area contributed by atoms with Crippen molar-refractivity contribution in [2.24, 2.45) is 0 Å². The van der Waals surface area contributed by atoms with E-state index in [2.05, 4.69) is 31.3 Å². The molecular formula is C20H21BrN4O3. The van der Waals surface area contributed by atoms with Crippen molar-refractivity contribution in [3.05, 3.63) is 64.7 Å². The van der Waals surface area contributed by atoms with Gasteiger partial charge in [-0.2, -0.15) is 5.10 Å². The lowest BCUT2D eigenvalue weighted by atomic mass is 10.1. The van der Waals surface area contributed by atoms with Gasteiger partial charge in [-0.25, -0.2) is 9.67 Å². The fraction of sp³-hybridized carbons (Fsp3) is 0.250. The van der Waals surface area contributed by atoms with Gasteiger partial charge in [-0.1, -0.05) is 19.1 Å². The van der Waals surface area contributed by atoms with Crippen LogP contribution in [0.15, 0.2) is 53.5 Å². The molecule has 0 saturated heterocycles. The molecule has 0 saturated carbocycles. The van der Waals surface area contributed by atoms with Crippen molar-refractivity contribution in [1.29, 1.82) is 0 Å². The lowest BCUT2D eigenvalue weighted by molar-refractivity contribution is 0.0950. The van der Waals surface area contributed by atoms with E-state index in [1.54, 1.807) is 30.3 Å². The summed E-state index contributed by atoms with van der Waals surface area (Å²) in [5, 5.41) is 7.01. The molecule has 28 heavy (non-hydrogen) atoms. The molecule has 1 heterocycles. The van der Waals surface area contributed by atoms with E-state index in [9.17, 15) is 4.79 Å². The van der Waals surface area contributed by atoms with Gasteiger partial charge in [0.25, 0.3) is 5.91 Å². The Hall–Kier alpha value is -2.87. The molecule has 0 bridgehead atoms. The van der Waals surface area contributed by atoms with Crippen LogP contribution in [0, 0.1) is 0 Å². The highest BCUT2D eigenvalue weighted by molar-refractivity contribution is 9.10. The molecule has 0 radical (unpaired) electrons. The van der Waals surface area contributed by atoms with Crippen molar-refractivity contribution in [2.45, 2.75) is 19.9 Å². The van der Waals surface area contributed by atoms with Crippen LogP contribution in [0.25, 0.3) is 5.69 Å². The molecule has 0 aliphatic rings. The summed E-state index contributed by atoms with van der Waals surface area (Å²) in [6.45, 7) is 3.01. The Kier molecular flexibility index (Phi) is 6.65. The van der Waals surface area contributed by atoms with Crippen molar-refractivity contribution >= 4 is 21.8 Å². The van der Waals surface area contributed by atoms with E-state index in [-0.39, 0.29) is 5.91 Å². The van der Waals surface area contributed by atoms with Gasteiger partial charge in [-0.05, 0) is 52.2 Å². The molecule has 0 fully saturated rings. The first kappa shape index (κ1) is 19.9. The summed E-state index contributed by atoms with van der Waals surface area (Å²) in [4.78, 5) is 16.5. The number of nitrogens with one attached hydrogen (secondary N) is 1. The maximum atomic E-state index is 12.6. The number of halogens is 1. The van der Waals surface area contributed by atoms with Crippen molar-refractivity contribution in [3.8, 4) is 17.2 Å². The van der Waals surface area contributed by atoms with Crippen molar-refractivity contribution in [3.63, 3.8) is 0 Å². The molecule has 1 aromatic heterocycles. The number of benzene rings is 2. The third-order valence-electron chi connectivity index (χ3n) is 4.01. The quantitative estimate of drug-likeness (QED) is 0.572. The first-order valence-corrected chi connectivity index (χ1v) is 9.64. The molecule has 0 spiro atoms. The van der Waals surface area contributed by atoms with Crippen LogP contribution in [0.5, 0.6) is 11.5 Å². The normalized spacial score (nSPS) is 10.5. The highest BCUT2D eigenvalue weighted by Gasteiger charge is 2.15. The Labute approximate surface area is 171 Å². The van der Waals surface area contributed by atoms with Gasteiger partial charge in [0.05, 0.1) is 23.9 Å². The van der Waals surface area contributed by atoms with Crippen LogP contribution >= 0.6 is 15.9 Å². The molecule has 0 unspecified atom stereocenters. The molecule has 0 aliphatic heterocycles. The number of carbonyl (C=O) groups excluding carboxylic acids is 1. The van der Waals surface area contributed by atoms with Crippen molar-refractivity contribution in [2.75, 3.05) is 13.7 Å². The third-order valence-corrected chi connectivity index (χ3v) is 4.60. The number of ether oxygens (including phenoxy) is 2. The van der Waals surface area contributed by atoms with Crippen LogP contribution in [0.3, 0.4) is 0 Å². The second-order valence-electron chi connectivity index (χ2n) is 6.03. The lowest BCUT2D eigenvalue weighted by Gasteiger charge is -2.14. The summed E-state index contributed by atoms with van der Waals surface area (Å²) in [7, 11) is 1.55. The molecule has 0 atom stereocenters. The zero-order valence-corrected chi connectivity index (χ0v) is 17.3. The monoisotopic (exact) mass is 444 g/mol. The Morgan fingerprint density at radius 2 is 2.04 bits per heavy atom. The minimum absolute atomic E-state index is 0.193. The topological polar surface area (TPSA) is 78.3 Å². The minimum atomic E-state index is -0.193. The summed E-state index contributed by atoms with van der Waals surface area (Å²) in [6, 6.07) is 11.1. The maximum absolute atomic E-state index is 12.6. The summed E-state index contributed by atoms with van der Waals surface area (Å²) < 4.78 is 13.4. The van der Waals surface area contributed by atoms with E-state index < -0.39 is 0 Å². The van der Waals surface area contributed by atoms with Gasteiger partial charge in [-0.3, -0.25) is 4.79 Å². The van der Waals surface area contributed by atoms with Crippen LogP contribution < -0.4 is 14.8 Å². The fourth-order valence-electron chi connectivity index (χ4n) is 2.59. The maximum Gasteiger partial charge on any atom is 0.251 e. The largest absolute Gasteiger partial charge is 0.493 e. The molecule has 1 amide bonds. The number of rotatable bonds is 8. The first-order valence-electron chi connectivity index (χ1n) is 8.84. The van der Waals surface area contributed by atoms with Gasteiger partial charge in [-0.15, -0.1) is 0 Å². The number of nitrogens with zero attached hydrogens (tertiary/aromatic N) is 3. The molecule has 3 aromatic rings. The fourth-order valence-corrected chi connectivity index (χ4v) is 3.14. The van der Waals surface area contributed by atoms with Crippen LogP contribution in [-0.4, -0.2) is 34.4 Å². The Morgan fingerprint density at radius 3 is 2.68 bits per heavy atom. The highest BCUT2D eigenvalue weighted by Crippen LogP contribution is 2.36. The lowest BCUT2D eigenvalue weighted by Crippen LogP contribution is -2.23. The SMILES string of the molecule is CCCOc1c(Br)cc(C(=O)NCc2ccc(-n3cncn3)cc2)cc1OC. The van der Waals surface area contributed by atoms with E-state index >= 15 is 0 Å². The average Bonchev–Trinajstić information content (AvgIpc) is 3.25. The Bertz CT molecular complexity index is 927. The van der Waals surface area contributed by atoms with Crippen LogP contribution in [-0.2, 0) is 6.54 Å². The molecule has 0 aliphatic carbocycles. The standard InChI is InChI=1S/C20H21BrN4O3/c1-3-8-28-19-17(21)9-15(10-18(19)27-2)20(26)23-11-14-4-6-16(7-5-14)25-13-22-12-24-25/h4-7,9-10,12-13H,3,8,11H2,1-2H3,(H,23,26).